The minimum atomic E-state index is -0.0747. The first kappa shape index (κ1) is 19.0. The largest absolute Gasteiger partial charge is 0.421 e. The first-order chi connectivity index (χ1) is 14.2. The van der Waals surface area contributed by atoms with Gasteiger partial charge in [-0.05, 0) is 19.1 Å². The van der Waals surface area contributed by atoms with Crippen LogP contribution in [0.15, 0.2) is 64.4 Å². The molecule has 6 nitrogen and oxygen atoms in total. The lowest BCUT2D eigenvalue weighted by Gasteiger charge is -2.01. The molecule has 29 heavy (non-hydrogen) atoms. The predicted molar refractivity (Wildman–Crippen MR) is 112 cm³/mol. The molecule has 146 valence electrons. The molecular formula is C22H20N4O2S. The summed E-state index contributed by atoms with van der Waals surface area (Å²) in [6.07, 6.45) is 0.683. The quantitative estimate of drug-likeness (QED) is 0.493. The highest BCUT2D eigenvalue weighted by atomic mass is 32.1. The summed E-state index contributed by atoms with van der Waals surface area (Å²) in [5.41, 5.74) is 3.97. The Morgan fingerprint density at radius 2 is 1.83 bits per heavy atom. The van der Waals surface area contributed by atoms with Gasteiger partial charge in [0.2, 0.25) is 17.7 Å². The number of carbonyl (C=O) groups excluding carboxylic acids is 1. The molecule has 0 saturated heterocycles. The molecule has 0 saturated carbocycles. The average molecular weight is 404 g/mol. The van der Waals surface area contributed by atoms with Crippen molar-refractivity contribution >= 4 is 17.2 Å². The Bertz CT molecular complexity index is 1090. The summed E-state index contributed by atoms with van der Waals surface area (Å²) in [6.45, 7) is 2.43. The van der Waals surface area contributed by atoms with Crippen LogP contribution in [0.2, 0.25) is 0 Å². The lowest BCUT2D eigenvalue weighted by molar-refractivity contribution is -0.121. The molecule has 4 rings (SSSR count). The highest BCUT2D eigenvalue weighted by molar-refractivity contribution is 7.13. The molecule has 4 aromatic rings. The molecular weight excluding hydrogens is 384 g/mol. The third kappa shape index (κ3) is 4.94. The fraction of sp³-hybridized carbons (Fsp3) is 0.182. The van der Waals surface area contributed by atoms with Crippen LogP contribution >= 0.6 is 11.3 Å². The molecule has 1 N–H and O–H groups in total. The highest BCUT2D eigenvalue weighted by Gasteiger charge is 2.11. The Hall–Kier alpha value is -3.32. The molecule has 2 aromatic carbocycles. The standard InChI is InChI=1S/C22H20N4O2S/c1-15-7-9-16(10-8-15)21-26-25-20(28-21)12-11-19(27)23-13-18-14-29-22(24-18)17-5-3-2-4-6-17/h2-10,14H,11-13H2,1H3,(H,23,27). The molecule has 2 heterocycles. The van der Waals surface area contributed by atoms with Gasteiger partial charge in [-0.2, -0.15) is 0 Å². The monoisotopic (exact) mass is 404 g/mol. The van der Waals surface area contributed by atoms with Crippen molar-refractivity contribution in [3.63, 3.8) is 0 Å². The van der Waals surface area contributed by atoms with E-state index in [0.717, 1.165) is 21.8 Å². The van der Waals surface area contributed by atoms with E-state index in [4.69, 9.17) is 4.42 Å². The van der Waals surface area contributed by atoms with Crippen molar-refractivity contribution in [1.29, 1.82) is 0 Å². The van der Waals surface area contributed by atoms with Gasteiger partial charge in [0.25, 0.3) is 0 Å². The smallest absolute Gasteiger partial charge is 0.247 e. The first-order valence-corrected chi connectivity index (χ1v) is 10.2. The van der Waals surface area contributed by atoms with Crippen molar-refractivity contribution in [1.82, 2.24) is 20.5 Å². The van der Waals surface area contributed by atoms with E-state index in [1.807, 2.05) is 66.9 Å². The molecule has 7 heteroatoms. The van der Waals surface area contributed by atoms with Crippen molar-refractivity contribution in [2.45, 2.75) is 26.3 Å². The van der Waals surface area contributed by atoms with Gasteiger partial charge < -0.3 is 9.73 Å². The number of benzene rings is 2. The molecule has 0 aliphatic carbocycles. The Balaban J connectivity index is 1.27. The number of carbonyl (C=O) groups is 1. The van der Waals surface area contributed by atoms with E-state index < -0.39 is 0 Å². The molecule has 1 amide bonds. The number of aromatic nitrogens is 3. The van der Waals surface area contributed by atoms with Crippen LogP contribution in [0.25, 0.3) is 22.0 Å². The number of nitrogens with one attached hydrogen (secondary N) is 1. The summed E-state index contributed by atoms with van der Waals surface area (Å²) >= 11 is 1.57. The maximum Gasteiger partial charge on any atom is 0.247 e. The van der Waals surface area contributed by atoms with Crippen molar-refractivity contribution in [2.75, 3.05) is 0 Å². The van der Waals surface area contributed by atoms with Gasteiger partial charge in [0, 0.05) is 29.3 Å². The zero-order valence-corrected chi connectivity index (χ0v) is 16.8. The summed E-state index contributed by atoms with van der Waals surface area (Å²) in [6, 6.07) is 17.9. The molecule has 0 bridgehead atoms. The number of hydrogen-bond acceptors (Lipinski definition) is 6. The van der Waals surface area contributed by atoms with Crippen LogP contribution < -0.4 is 5.32 Å². The van der Waals surface area contributed by atoms with Crippen LogP contribution in [0.3, 0.4) is 0 Å². The maximum absolute atomic E-state index is 12.2. The number of hydrogen-bond donors (Lipinski definition) is 1. The summed E-state index contributed by atoms with van der Waals surface area (Å²) in [5, 5.41) is 13.9. The van der Waals surface area contributed by atoms with Crippen molar-refractivity contribution in [3.05, 3.63) is 77.1 Å². The second-order valence-corrected chi connectivity index (χ2v) is 7.51. The minimum Gasteiger partial charge on any atom is -0.421 e. The first-order valence-electron chi connectivity index (χ1n) is 9.33. The number of thiazole rings is 1. The molecule has 2 aromatic heterocycles. The topological polar surface area (TPSA) is 80.9 Å². The number of aryl methyl sites for hydroxylation is 2. The zero-order valence-electron chi connectivity index (χ0n) is 16.0. The minimum absolute atomic E-state index is 0.0747. The Morgan fingerprint density at radius 3 is 2.62 bits per heavy atom. The van der Waals surface area contributed by atoms with Gasteiger partial charge in [-0.1, -0.05) is 48.0 Å². The normalized spacial score (nSPS) is 10.8. The molecule has 0 unspecified atom stereocenters. The third-order valence-corrected chi connectivity index (χ3v) is 5.31. The van der Waals surface area contributed by atoms with Gasteiger partial charge in [-0.15, -0.1) is 21.5 Å². The SMILES string of the molecule is Cc1ccc(-c2nnc(CCC(=O)NCc3csc(-c4ccccc4)n3)o2)cc1. The van der Waals surface area contributed by atoms with E-state index in [2.05, 4.69) is 20.5 Å². The molecule has 0 radical (unpaired) electrons. The van der Waals surface area contributed by atoms with E-state index >= 15 is 0 Å². The van der Waals surface area contributed by atoms with Crippen LogP contribution in [0, 0.1) is 6.92 Å². The van der Waals surface area contributed by atoms with Crippen LogP contribution in [-0.4, -0.2) is 21.1 Å². The van der Waals surface area contributed by atoms with Gasteiger partial charge in [-0.3, -0.25) is 4.79 Å². The summed E-state index contributed by atoms with van der Waals surface area (Å²) in [5.74, 6) is 0.849. The molecule has 0 fully saturated rings. The number of amides is 1. The Kier molecular flexibility index (Phi) is 5.76. The average Bonchev–Trinajstić information content (AvgIpc) is 3.42. The molecule has 0 atom stereocenters. The second kappa shape index (κ2) is 8.79. The van der Waals surface area contributed by atoms with Crippen LogP contribution in [0.1, 0.15) is 23.6 Å². The predicted octanol–water partition coefficient (Wildman–Crippen LogP) is 4.42. The number of rotatable bonds is 7. The third-order valence-electron chi connectivity index (χ3n) is 4.37. The lowest BCUT2D eigenvalue weighted by Crippen LogP contribution is -2.23. The van der Waals surface area contributed by atoms with Crippen LogP contribution in [0.4, 0.5) is 0 Å². The summed E-state index contributed by atoms with van der Waals surface area (Å²) < 4.78 is 5.66. The van der Waals surface area contributed by atoms with E-state index in [9.17, 15) is 4.79 Å². The van der Waals surface area contributed by atoms with Crippen molar-refractivity contribution in [2.24, 2.45) is 0 Å². The van der Waals surface area contributed by atoms with Gasteiger partial charge >= 0.3 is 0 Å². The van der Waals surface area contributed by atoms with Crippen LogP contribution in [0.5, 0.6) is 0 Å². The lowest BCUT2D eigenvalue weighted by atomic mass is 10.1. The van der Waals surface area contributed by atoms with E-state index in [-0.39, 0.29) is 12.3 Å². The van der Waals surface area contributed by atoms with Crippen molar-refractivity contribution in [3.8, 4) is 22.0 Å². The molecule has 0 spiro atoms. The van der Waals surface area contributed by atoms with E-state index in [0.29, 0.717) is 24.7 Å². The highest BCUT2D eigenvalue weighted by Crippen LogP contribution is 2.23. The summed E-state index contributed by atoms with van der Waals surface area (Å²) in [4.78, 5) is 16.7. The van der Waals surface area contributed by atoms with Gasteiger partial charge in [0.1, 0.15) is 5.01 Å². The fourth-order valence-corrected chi connectivity index (χ4v) is 3.59. The van der Waals surface area contributed by atoms with E-state index in [1.54, 1.807) is 11.3 Å². The van der Waals surface area contributed by atoms with Gasteiger partial charge in [0.15, 0.2) is 0 Å². The summed E-state index contributed by atoms with van der Waals surface area (Å²) in [7, 11) is 0. The zero-order chi connectivity index (χ0) is 20.1. The second-order valence-electron chi connectivity index (χ2n) is 6.65. The maximum atomic E-state index is 12.2. The van der Waals surface area contributed by atoms with Gasteiger partial charge in [0.05, 0.1) is 12.2 Å². The van der Waals surface area contributed by atoms with Crippen molar-refractivity contribution < 1.29 is 9.21 Å². The molecule has 0 aliphatic heterocycles. The molecule has 0 aliphatic rings. The Morgan fingerprint density at radius 1 is 1.03 bits per heavy atom. The van der Waals surface area contributed by atoms with Gasteiger partial charge in [-0.25, -0.2) is 4.98 Å². The van der Waals surface area contributed by atoms with E-state index in [1.165, 1.54) is 5.56 Å². The van der Waals surface area contributed by atoms with Crippen LogP contribution in [-0.2, 0) is 17.8 Å². The number of nitrogens with zero attached hydrogens (tertiary/aromatic N) is 3. The fourth-order valence-electron chi connectivity index (χ4n) is 2.77. The Labute approximate surface area is 172 Å².